The van der Waals surface area contributed by atoms with E-state index in [2.05, 4.69) is 15.0 Å². The predicted molar refractivity (Wildman–Crippen MR) is 124 cm³/mol. The van der Waals surface area contributed by atoms with Crippen LogP contribution in [0.25, 0.3) is 11.3 Å². The monoisotopic (exact) mass is 469 g/mol. The predicted octanol–water partition coefficient (Wildman–Crippen LogP) is 5.52. The summed E-state index contributed by atoms with van der Waals surface area (Å²) < 4.78 is 27.9. The summed E-state index contributed by atoms with van der Waals surface area (Å²) in [4.78, 5) is 17.3. The first-order valence-corrected chi connectivity index (χ1v) is 11.9. The summed E-state index contributed by atoms with van der Waals surface area (Å²) in [6.45, 7) is 0. The first-order chi connectivity index (χ1) is 14.9. The number of halogens is 1. The van der Waals surface area contributed by atoms with Crippen LogP contribution in [0.5, 0.6) is 0 Å². The van der Waals surface area contributed by atoms with Crippen LogP contribution in [0, 0.1) is 0 Å². The number of benzene rings is 3. The topological polar surface area (TPSA) is 88.2 Å². The zero-order chi connectivity index (χ0) is 21.8. The molecule has 2 N–H and O–H groups in total. The molecule has 4 rings (SSSR count). The van der Waals surface area contributed by atoms with Crippen molar-refractivity contribution in [2.24, 2.45) is 0 Å². The molecule has 0 atom stereocenters. The van der Waals surface area contributed by atoms with E-state index >= 15 is 0 Å². The van der Waals surface area contributed by atoms with E-state index in [4.69, 9.17) is 11.6 Å². The summed E-state index contributed by atoms with van der Waals surface area (Å²) in [5.74, 6) is -0.469. The molecule has 0 saturated carbocycles. The van der Waals surface area contributed by atoms with Gasteiger partial charge in [0.25, 0.3) is 15.9 Å². The largest absolute Gasteiger partial charge is 0.298 e. The molecule has 0 saturated heterocycles. The summed E-state index contributed by atoms with van der Waals surface area (Å²) in [5.41, 5.74) is 2.03. The van der Waals surface area contributed by atoms with Crippen molar-refractivity contribution >= 4 is 49.7 Å². The number of amides is 1. The van der Waals surface area contributed by atoms with Crippen molar-refractivity contribution < 1.29 is 13.2 Å². The summed E-state index contributed by atoms with van der Waals surface area (Å²) in [6, 6.07) is 21.8. The third-order valence-corrected chi connectivity index (χ3v) is 6.73. The molecule has 0 bridgehead atoms. The van der Waals surface area contributed by atoms with Crippen molar-refractivity contribution in [1.82, 2.24) is 4.98 Å². The fraction of sp³-hybridized carbons (Fsp3) is 0. The Morgan fingerprint density at radius 2 is 1.58 bits per heavy atom. The number of carbonyl (C=O) groups is 1. The number of anilines is 2. The molecule has 1 heterocycles. The maximum Gasteiger partial charge on any atom is 0.261 e. The normalized spacial score (nSPS) is 11.1. The van der Waals surface area contributed by atoms with Crippen molar-refractivity contribution in [3.8, 4) is 11.3 Å². The number of hydrogen-bond donors (Lipinski definition) is 2. The maximum atomic E-state index is 12.9. The number of aromatic nitrogens is 1. The molecule has 156 valence electrons. The Kier molecular flexibility index (Phi) is 6.03. The Labute approximate surface area is 188 Å². The number of nitrogens with zero attached hydrogens (tertiary/aromatic N) is 1. The van der Waals surface area contributed by atoms with Gasteiger partial charge in [-0.1, -0.05) is 54.1 Å². The van der Waals surface area contributed by atoms with Gasteiger partial charge in [-0.25, -0.2) is 13.4 Å². The van der Waals surface area contributed by atoms with E-state index in [9.17, 15) is 13.2 Å². The summed E-state index contributed by atoms with van der Waals surface area (Å²) in [5, 5.41) is 5.43. The highest BCUT2D eigenvalue weighted by Crippen LogP contribution is 2.26. The van der Waals surface area contributed by atoms with E-state index in [0.29, 0.717) is 10.2 Å². The molecule has 0 aliphatic heterocycles. The zero-order valence-electron chi connectivity index (χ0n) is 15.9. The second-order valence-electron chi connectivity index (χ2n) is 6.46. The minimum absolute atomic E-state index is 0.0412. The molecule has 1 amide bonds. The smallest absolute Gasteiger partial charge is 0.261 e. The fourth-order valence-corrected chi connectivity index (χ4v) is 4.75. The third kappa shape index (κ3) is 4.93. The molecule has 6 nitrogen and oxygen atoms in total. The SMILES string of the molecule is O=C(Nc1nc(-c2ccccc2)cs1)c1ccccc1NS(=O)(=O)c1ccc(Cl)cc1. The number of thiazole rings is 1. The average molecular weight is 470 g/mol. The van der Waals surface area contributed by atoms with Crippen molar-refractivity contribution in [3.63, 3.8) is 0 Å². The van der Waals surface area contributed by atoms with Crippen LogP contribution < -0.4 is 10.0 Å². The van der Waals surface area contributed by atoms with Crippen LogP contribution in [-0.4, -0.2) is 19.3 Å². The average Bonchev–Trinajstić information content (AvgIpc) is 3.23. The van der Waals surface area contributed by atoms with Crippen molar-refractivity contribution in [1.29, 1.82) is 0 Å². The number of hydrogen-bond acceptors (Lipinski definition) is 5. The number of para-hydroxylation sites is 1. The van der Waals surface area contributed by atoms with Gasteiger partial charge in [-0.2, -0.15) is 0 Å². The molecule has 31 heavy (non-hydrogen) atoms. The quantitative estimate of drug-likeness (QED) is 0.389. The van der Waals surface area contributed by atoms with Crippen LogP contribution in [0.2, 0.25) is 5.02 Å². The fourth-order valence-electron chi connectivity index (χ4n) is 2.82. The van der Waals surface area contributed by atoms with Gasteiger partial charge in [0, 0.05) is 16.0 Å². The van der Waals surface area contributed by atoms with E-state index in [0.717, 1.165) is 11.3 Å². The molecular formula is C22H16ClN3O3S2. The maximum absolute atomic E-state index is 12.9. The summed E-state index contributed by atoms with van der Waals surface area (Å²) in [6.07, 6.45) is 0. The second-order valence-corrected chi connectivity index (χ2v) is 9.44. The van der Waals surface area contributed by atoms with Crippen LogP contribution in [0.1, 0.15) is 10.4 Å². The highest BCUT2D eigenvalue weighted by Gasteiger charge is 2.19. The zero-order valence-corrected chi connectivity index (χ0v) is 18.3. The molecule has 0 aliphatic carbocycles. The minimum atomic E-state index is -3.89. The first kappa shape index (κ1) is 21.0. The van der Waals surface area contributed by atoms with Gasteiger partial charge in [0.1, 0.15) is 0 Å². The minimum Gasteiger partial charge on any atom is -0.298 e. The Bertz CT molecular complexity index is 1320. The molecular weight excluding hydrogens is 454 g/mol. The van der Waals surface area contributed by atoms with Gasteiger partial charge < -0.3 is 0 Å². The Morgan fingerprint density at radius 1 is 0.903 bits per heavy atom. The van der Waals surface area contributed by atoms with Gasteiger partial charge in [-0.3, -0.25) is 14.8 Å². The Balaban J connectivity index is 1.55. The molecule has 0 aliphatic rings. The van der Waals surface area contributed by atoms with Gasteiger partial charge in [0.05, 0.1) is 21.8 Å². The van der Waals surface area contributed by atoms with E-state index in [1.807, 2.05) is 35.7 Å². The van der Waals surface area contributed by atoms with Crippen LogP contribution in [0.4, 0.5) is 10.8 Å². The molecule has 1 aromatic heterocycles. The van der Waals surface area contributed by atoms with Crippen molar-refractivity contribution in [3.05, 3.63) is 94.8 Å². The highest BCUT2D eigenvalue weighted by atomic mass is 35.5. The van der Waals surface area contributed by atoms with Gasteiger partial charge in [-0.15, -0.1) is 11.3 Å². The molecule has 0 unspecified atom stereocenters. The molecule has 9 heteroatoms. The van der Waals surface area contributed by atoms with Crippen molar-refractivity contribution in [2.45, 2.75) is 4.90 Å². The number of sulfonamides is 1. The lowest BCUT2D eigenvalue weighted by Crippen LogP contribution is -2.18. The summed E-state index contributed by atoms with van der Waals surface area (Å²) in [7, 11) is -3.89. The first-order valence-electron chi connectivity index (χ1n) is 9.12. The second kappa shape index (κ2) is 8.89. The molecule has 4 aromatic rings. The van der Waals surface area contributed by atoms with E-state index in [-0.39, 0.29) is 16.1 Å². The van der Waals surface area contributed by atoms with Crippen LogP contribution >= 0.6 is 22.9 Å². The van der Waals surface area contributed by atoms with E-state index < -0.39 is 15.9 Å². The summed E-state index contributed by atoms with van der Waals surface area (Å²) >= 11 is 7.12. The number of carbonyl (C=O) groups excluding carboxylic acids is 1. The standard InChI is InChI=1S/C22H16ClN3O3S2/c23-16-10-12-17(13-11-16)31(28,29)26-19-9-5-4-8-18(19)21(27)25-22-24-20(14-30-22)15-6-2-1-3-7-15/h1-14,26H,(H,24,25,27). The van der Waals surface area contributed by atoms with Crippen LogP contribution in [0.15, 0.2) is 89.1 Å². The Hall–Kier alpha value is -3.20. The van der Waals surface area contributed by atoms with Crippen LogP contribution in [0.3, 0.4) is 0 Å². The molecule has 0 spiro atoms. The number of nitrogens with one attached hydrogen (secondary N) is 2. The lowest BCUT2D eigenvalue weighted by molar-refractivity contribution is 0.102. The Morgan fingerprint density at radius 3 is 2.32 bits per heavy atom. The molecule has 0 fully saturated rings. The van der Waals surface area contributed by atoms with Gasteiger partial charge in [-0.05, 0) is 36.4 Å². The van der Waals surface area contributed by atoms with Crippen LogP contribution in [-0.2, 0) is 10.0 Å². The lowest BCUT2D eigenvalue weighted by atomic mass is 10.2. The molecule has 0 radical (unpaired) electrons. The van der Waals surface area contributed by atoms with Gasteiger partial charge in [0.15, 0.2) is 5.13 Å². The third-order valence-electron chi connectivity index (χ3n) is 4.33. The highest BCUT2D eigenvalue weighted by molar-refractivity contribution is 7.92. The number of rotatable bonds is 6. The van der Waals surface area contributed by atoms with Crippen molar-refractivity contribution in [2.75, 3.05) is 10.0 Å². The molecule has 3 aromatic carbocycles. The van der Waals surface area contributed by atoms with E-state index in [1.54, 1.807) is 18.2 Å². The van der Waals surface area contributed by atoms with Gasteiger partial charge >= 0.3 is 0 Å². The lowest BCUT2D eigenvalue weighted by Gasteiger charge is -2.12. The van der Waals surface area contributed by atoms with Gasteiger partial charge in [0.2, 0.25) is 0 Å². The van der Waals surface area contributed by atoms with E-state index in [1.165, 1.54) is 41.7 Å².